The molecule has 0 aliphatic rings. The van der Waals surface area contributed by atoms with Gasteiger partial charge in [-0.2, -0.15) is 0 Å². The fourth-order valence-electron chi connectivity index (χ4n) is 1.19. The summed E-state index contributed by atoms with van der Waals surface area (Å²) in [5.41, 5.74) is 0.607. The molecule has 1 atom stereocenters. The highest BCUT2D eigenvalue weighted by Crippen LogP contribution is 2.31. The second-order valence-electron chi connectivity index (χ2n) is 2.92. The first kappa shape index (κ1) is 10.8. The molecule has 0 amide bonds. The summed E-state index contributed by atoms with van der Waals surface area (Å²) in [6, 6.07) is 5.18. The molecule has 0 N–H and O–H groups in total. The average molecular weight is 218 g/mol. The molecule has 71 valence electrons. The second-order valence-corrected chi connectivity index (χ2v) is 3.71. The topological polar surface area (TPSA) is 19.9 Å². The van der Waals surface area contributed by atoms with E-state index in [1.807, 2.05) is 6.92 Å². The van der Waals surface area contributed by atoms with Gasteiger partial charge < -0.3 is 0 Å². The van der Waals surface area contributed by atoms with Crippen LogP contribution in [-0.4, -0.2) is 0 Å². The van der Waals surface area contributed by atoms with E-state index in [4.69, 9.17) is 23.2 Å². The van der Waals surface area contributed by atoms with Crippen molar-refractivity contribution >= 4 is 23.2 Å². The fourth-order valence-corrected chi connectivity index (χ4v) is 1.62. The monoisotopic (exact) mass is 217 g/mol. The Bertz CT molecular complexity index is 286. The van der Waals surface area contributed by atoms with Crippen LogP contribution in [0.15, 0.2) is 18.2 Å². The van der Waals surface area contributed by atoms with Crippen molar-refractivity contribution in [3.8, 4) is 0 Å². The molecule has 13 heavy (non-hydrogen) atoms. The van der Waals surface area contributed by atoms with Crippen molar-refractivity contribution in [2.24, 2.45) is 0 Å². The minimum Gasteiger partial charge on any atom is -0.228 e. The lowest BCUT2D eigenvalue weighted by atomic mass is 10.1. The fraction of sp³-hybridized carbons (Fsp3) is 0.400. The molecule has 1 radical (unpaired) electrons. The Labute approximate surface area is 88.3 Å². The molecule has 0 heterocycles. The van der Waals surface area contributed by atoms with Crippen LogP contribution in [0.25, 0.3) is 0 Å². The highest BCUT2D eigenvalue weighted by Gasteiger charge is 2.13. The molecule has 1 aromatic carbocycles. The van der Waals surface area contributed by atoms with Gasteiger partial charge in [-0.1, -0.05) is 48.7 Å². The standard InChI is InChI=1S/C10H11Cl2O/c1-2-4-9(13)7-5-3-6-8(11)10(7)12/h3,5-6,9H,2,4H2,1H3. The number of rotatable bonds is 3. The molecular weight excluding hydrogens is 207 g/mol. The van der Waals surface area contributed by atoms with Gasteiger partial charge in [-0.15, -0.1) is 0 Å². The van der Waals surface area contributed by atoms with Gasteiger partial charge >= 0.3 is 0 Å². The molecule has 0 saturated heterocycles. The van der Waals surface area contributed by atoms with Crippen LogP contribution in [0.5, 0.6) is 0 Å². The third-order valence-electron chi connectivity index (χ3n) is 1.88. The Morgan fingerprint density at radius 1 is 1.38 bits per heavy atom. The zero-order valence-corrected chi connectivity index (χ0v) is 8.90. The number of halogens is 2. The van der Waals surface area contributed by atoms with Gasteiger partial charge in [0.15, 0.2) is 0 Å². The van der Waals surface area contributed by atoms with Gasteiger partial charge in [0.1, 0.15) is 6.10 Å². The zero-order valence-electron chi connectivity index (χ0n) is 7.39. The van der Waals surface area contributed by atoms with Crippen LogP contribution in [0.3, 0.4) is 0 Å². The van der Waals surface area contributed by atoms with E-state index in [9.17, 15) is 5.11 Å². The highest BCUT2D eigenvalue weighted by atomic mass is 35.5. The van der Waals surface area contributed by atoms with Crippen molar-refractivity contribution in [1.82, 2.24) is 0 Å². The first-order chi connectivity index (χ1) is 6.16. The Morgan fingerprint density at radius 3 is 2.69 bits per heavy atom. The minimum absolute atomic E-state index is 0.401. The summed E-state index contributed by atoms with van der Waals surface area (Å²) in [5, 5.41) is 12.4. The molecular formula is C10H11Cl2O. The summed E-state index contributed by atoms with van der Waals surface area (Å²) in [7, 11) is 0. The first-order valence-electron chi connectivity index (χ1n) is 4.26. The summed E-state index contributed by atoms with van der Waals surface area (Å²) in [4.78, 5) is 0. The maximum Gasteiger partial charge on any atom is 0.119 e. The van der Waals surface area contributed by atoms with Crippen molar-refractivity contribution in [3.63, 3.8) is 0 Å². The van der Waals surface area contributed by atoms with Crippen LogP contribution in [0, 0.1) is 0 Å². The van der Waals surface area contributed by atoms with Gasteiger partial charge in [-0.05, 0) is 12.5 Å². The van der Waals surface area contributed by atoms with Crippen molar-refractivity contribution in [3.05, 3.63) is 33.8 Å². The third-order valence-corrected chi connectivity index (χ3v) is 2.71. The van der Waals surface area contributed by atoms with Gasteiger partial charge in [0, 0.05) is 5.56 Å². The van der Waals surface area contributed by atoms with Gasteiger partial charge in [-0.3, -0.25) is 0 Å². The van der Waals surface area contributed by atoms with Crippen LogP contribution in [-0.2, 0) is 5.11 Å². The average Bonchev–Trinajstić information content (AvgIpc) is 2.10. The summed E-state index contributed by atoms with van der Waals surface area (Å²) in [6.45, 7) is 1.98. The lowest BCUT2D eigenvalue weighted by molar-refractivity contribution is 0.0806. The number of hydrogen-bond donors (Lipinski definition) is 0. The summed E-state index contributed by atoms with van der Waals surface area (Å²) >= 11 is 11.7. The lowest BCUT2D eigenvalue weighted by Gasteiger charge is -2.09. The van der Waals surface area contributed by atoms with E-state index in [0.29, 0.717) is 22.0 Å². The molecule has 0 saturated carbocycles. The molecule has 0 bridgehead atoms. The molecule has 0 aromatic heterocycles. The van der Waals surface area contributed by atoms with Gasteiger partial charge in [0.05, 0.1) is 10.0 Å². The van der Waals surface area contributed by atoms with E-state index in [-0.39, 0.29) is 0 Å². The molecule has 1 nitrogen and oxygen atoms in total. The van der Waals surface area contributed by atoms with Crippen LogP contribution in [0.2, 0.25) is 10.0 Å². The molecule has 3 heteroatoms. The smallest absolute Gasteiger partial charge is 0.119 e. The Morgan fingerprint density at radius 2 is 2.08 bits per heavy atom. The number of hydrogen-bond acceptors (Lipinski definition) is 0. The largest absolute Gasteiger partial charge is 0.228 e. The number of benzene rings is 1. The second kappa shape index (κ2) is 4.85. The van der Waals surface area contributed by atoms with E-state index >= 15 is 0 Å². The predicted molar refractivity (Wildman–Crippen MR) is 54.8 cm³/mol. The van der Waals surface area contributed by atoms with Crippen LogP contribution < -0.4 is 0 Å². The van der Waals surface area contributed by atoms with Crippen molar-refractivity contribution < 1.29 is 5.11 Å². The maximum atomic E-state index is 11.6. The predicted octanol–water partition coefficient (Wildman–Crippen LogP) is 4.27. The van der Waals surface area contributed by atoms with E-state index in [1.165, 1.54) is 0 Å². The highest BCUT2D eigenvalue weighted by molar-refractivity contribution is 6.42. The van der Waals surface area contributed by atoms with Crippen molar-refractivity contribution in [2.45, 2.75) is 25.9 Å². The lowest BCUT2D eigenvalue weighted by Crippen LogP contribution is -1.95. The summed E-state index contributed by atoms with van der Waals surface area (Å²) in [6.07, 6.45) is 0.702. The Kier molecular flexibility index (Phi) is 4.04. The molecule has 0 spiro atoms. The molecule has 0 aliphatic heterocycles. The van der Waals surface area contributed by atoms with E-state index < -0.39 is 6.10 Å². The molecule has 1 unspecified atom stereocenters. The van der Waals surface area contributed by atoms with E-state index in [2.05, 4.69) is 0 Å². The molecule has 0 fully saturated rings. The Balaban J connectivity index is 2.93. The Hall–Kier alpha value is -0.240. The van der Waals surface area contributed by atoms with Gasteiger partial charge in [0.2, 0.25) is 0 Å². The SMILES string of the molecule is CCCC([O])c1cccc(Cl)c1Cl. The summed E-state index contributed by atoms with van der Waals surface area (Å²) < 4.78 is 0. The van der Waals surface area contributed by atoms with Crippen molar-refractivity contribution in [1.29, 1.82) is 0 Å². The minimum atomic E-state index is -0.754. The molecule has 0 aliphatic carbocycles. The quantitative estimate of drug-likeness (QED) is 0.722. The first-order valence-corrected chi connectivity index (χ1v) is 5.02. The van der Waals surface area contributed by atoms with E-state index in [1.54, 1.807) is 18.2 Å². The van der Waals surface area contributed by atoms with Crippen LogP contribution in [0.4, 0.5) is 0 Å². The maximum absolute atomic E-state index is 11.6. The molecule has 1 aromatic rings. The zero-order chi connectivity index (χ0) is 9.84. The normalized spacial score (nSPS) is 12.9. The van der Waals surface area contributed by atoms with Gasteiger partial charge in [-0.25, -0.2) is 5.11 Å². The van der Waals surface area contributed by atoms with E-state index in [0.717, 1.165) is 6.42 Å². The van der Waals surface area contributed by atoms with Crippen LogP contribution in [0.1, 0.15) is 31.4 Å². The van der Waals surface area contributed by atoms with Crippen molar-refractivity contribution in [2.75, 3.05) is 0 Å². The van der Waals surface area contributed by atoms with Gasteiger partial charge in [0.25, 0.3) is 0 Å². The van der Waals surface area contributed by atoms with Crippen LogP contribution >= 0.6 is 23.2 Å². The third kappa shape index (κ3) is 2.60. The molecule has 1 rings (SSSR count). The summed E-state index contributed by atoms with van der Waals surface area (Å²) in [5.74, 6) is 0.